The molecule has 414 valence electrons. The second-order valence-electron chi connectivity index (χ2n) is 26.7. The standard InChI is InChI=1S/C76H89N3O/c1-43-36-60(52-32-34-55(35-33-52)72(9,10)11)64(42-59(43)51-28-25-24-26-29-51)79-63-31-27-30-58(69(63)78-71(79)61-40-57(74(15,16)17)41-62(70(61)80)75(18,19)20)53-37-54(39-56(38-53)73(12,13)14)68-49(7)66(48(6)50(8)77-68)65-44(2)46(4)67(76(21,22)23)47(5)45(65)3/h24-42,80H,1-23H3/i1D3,21D3,22D3,23D3. The number of rotatable bonds is 7. The monoisotopic (exact) mass is 1070 g/mol. The molecule has 0 atom stereocenters. The molecule has 0 amide bonds. The molecular formula is C76H89N3O. The summed E-state index contributed by atoms with van der Waals surface area (Å²) in [6, 6.07) is 38.4. The number of para-hydroxylation sites is 1. The molecule has 2 aromatic heterocycles. The lowest BCUT2D eigenvalue weighted by atomic mass is 9.75. The normalized spacial score (nSPS) is 15.6. The van der Waals surface area contributed by atoms with Gasteiger partial charge in [-0.15, -0.1) is 0 Å². The van der Waals surface area contributed by atoms with Crippen molar-refractivity contribution in [3.8, 4) is 78.6 Å². The number of aromatic hydroxyl groups is 1. The molecular weight excluding hydrogens is 971 g/mol. The number of phenolic OH excluding ortho intramolecular Hbond substituents is 1. The van der Waals surface area contributed by atoms with Gasteiger partial charge in [0.15, 0.2) is 0 Å². The molecule has 0 bridgehead atoms. The molecule has 0 radical (unpaired) electrons. The minimum absolute atomic E-state index is 0.0860. The Morgan fingerprint density at radius 3 is 1.59 bits per heavy atom. The van der Waals surface area contributed by atoms with Crippen LogP contribution in [-0.2, 0) is 27.1 Å². The van der Waals surface area contributed by atoms with Crippen molar-refractivity contribution in [2.24, 2.45) is 0 Å². The van der Waals surface area contributed by atoms with Crippen LogP contribution in [0, 0.1) is 55.3 Å². The zero-order chi connectivity index (χ0) is 68.7. The van der Waals surface area contributed by atoms with E-state index in [1.807, 2.05) is 95.3 Å². The van der Waals surface area contributed by atoms with Gasteiger partial charge in [-0.3, -0.25) is 9.55 Å². The van der Waals surface area contributed by atoms with E-state index in [-0.39, 0.29) is 38.8 Å². The molecule has 9 aromatic rings. The lowest BCUT2D eigenvalue weighted by Gasteiger charge is -2.30. The molecule has 0 fully saturated rings. The van der Waals surface area contributed by atoms with Crippen LogP contribution in [0.4, 0.5) is 0 Å². The Bertz CT molecular complexity index is 4310. The molecule has 0 aliphatic rings. The molecule has 0 aliphatic carbocycles. The van der Waals surface area contributed by atoms with Crippen molar-refractivity contribution in [2.45, 2.75) is 186 Å². The molecule has 80 heavy (non-hydrogen) atoms. The molecule has 0 unspecified atom stereocenters. The van der Waals surface area contributed by atoms with Crippen molar-refractivity contribution in [3.05, 3.63) is 188 Å². The summed E-state index contributed by atoms with van der Waals surface area (Å²) < 4.78 is 108. The first-order valence-corrected chi connectivity index (χ1v) is 28.1. The van der Waals surface area contributed by atoms with E-state index >= 15 is 0 Å². The van der Waals surface area contributed by atoms with Crippen LogP contribution in [0.2, 0.25) is 0 Å². The predicted octanol–water partition coefficient (Wildman–Crippen LogP) is 21.1. The van der Waals surface area contributed by atoms with Crippen LogP contribution in [0.15, 0.2) is 115 Å². The Morgan fingerprint density at radius 1 is 0.438 bits per heavy atom. The third kappa shape index (κ3) is 10.4. The fourth-order valence-electron chi connectivity index (χ4n) is 11.8. The van der Waals surface area contributed by atoms with Gasteiger partial charge in [-0.1, -0.05) is 183 Å². The summed E-state index contributed by atoms with van der Waals surface area (Å²) in [4.78, 5) is 11.1. The highest BCUT2D eigenvalue weighted by molar-refractivity contribution is 5.99. The Hall–Kier alpha value is -7.04. The first-order chi connectivity index (χ1) is 42.0. The van der Waals surface area contributed by atoms with E-state index in [1.54, 1.807) is 13.8 Å². The van der Waals surface area contributed by atoms with E-state index in [9.17, 15) is 5.11 Å². The zero-order valence-electron chi connectivity index (χ0n) is 62.8. The SMILES string of the molecule is [2H]C([2H])([2H])c1cc(-c2ccc(C(C)(C)C)cc2)c(-n2c(-c3cc(C(C)(C)C)cc(C(C)(C)C)c3O)nc3c(-c4cc(-c5nc(C)c(C)c(-c6c(C)c(C)c(C(C([2H])([2H])[2H])(C([2H])([2H])[2H])C([2H])([2H])[2H])c(C)c6C)c5C)cc(C(C)(C)C)c4)cccc32)cc1-c1ccccc1. The summed E-state index contributed by atoms with van der Waals surface area (Å²) in [5.74, 6) is 0.539. The van der Waals surface area contributed by atoms with Crippen LogP contribution in [0.25, 0.3) is 83.9 Å². The van der Waals surface area contributed by atoms with E-state index in [1.165, 1.54) is 0 Å². The van der Waals surface area contributed by atoms with Crippen molar-refractivity contribution < 1.29 is 21.6 Å². The van der Waals surface area contributed by atoms with E-state index in [0.29, 0.717) is 56.1 Å². The zero-order valence-corrected chi connectivity index (χ0v) is 50.8. The van der Waals surface area contributed by atoms with Gasteiger partial charge in [-0.25, -0.2) is 4.98 Å². The highest BCUT2D eigenvalue weighted by atomic mass is 16.3. The second kappa shape index (κ2) is 20.2. The summed E-state index contributed by atoms with van der Waals surface area (Å²) >= 11 is 0. The lowest BCUT2D eigenvalue weighted by molar-refractivity contribution is 0.446. The Kier molecular flexibility index (Phi) is 11.0. The molecule has 7 aromatic carbocycles. The quantitative estimate of drug-likeness (QED) is 0.173. The maximum absolute atomic E-state index is 13.0. The van der Waals surface area contributed by atoms with Crippen LogP contribution in [-0.4, -0.2) is 19.6 Å². The smallest absolute Gasteiger partial charge is 0.149 e. The Balaban J connectivity index is 1.41. The van der Waals surface area contributed by atoms with Gasteiger partial charge in [0, 0.05) is 44.4 Å². The third-order valence-corrected chi connectivity index (χ3v) is 16.8. The van der Waals surface area contributed by atoms with Gasteiger partial charge in [0.1, 0.15) is 11.6 Å². The van der Waals surface area contributed by atoms with Gasteiger partial charge in [0.05, 0.1) is 28.0 Å². The number of aryl methyl sites for hydroxylation is 2. The maximum Gasteiger partial charge on any atom is 0.149 e. The van der Waals surface area contributed by atoms with Crippen molar-refractivity contribution in [3.63, 3.8) is 0 Å². The van der Waals surface area contributed by atoms with Crippen LogP contribution in [0.3, 0.4) is 0 Å². The summed E-state index contributed by atoms with van der Waals surface area (Å²) in [5, 5.41) is 13.0. The molecule has 4 heteroatoms. The van der Waals surface area contributed by atoms with E-state index in [4.69, 9.17) is 26.4 Å². The highest BCUT2D eigenvalue weighted by Gasteiger charge is 2.32. The number of phenols is 1. The molecule has 0 spiro atoms. The average molecular weight is 1070 g/mol. The molecule has 9 rings (SSSR count). The van der Waals surface area contributed by atoms with Crippen LogP contribution >= 0.6 is 0 Å². The van der Waals surface area contributed by atoms with Gasteiger partial charge < -0.3 is 5.11 Å². The van der Waals surface area contributed by atoms with Crippen molar-refractivity contribution in [1.29, 1.82) is 0 Å². The van der Waals surface area contributed by atoms with Gasteiger partial charge in [-0.2, -0.15) is 0 Å². The van der Waals surface area contributed by atoms with E-state index in [2.05, 4.69) is 142 Å². The van der Waals surface area contributed by atoms with Crippen molar-refractivity contribution in [2.75, 3.05) is 0 Å². The summed E-state index contributed by atoms with van der Waals surface area (Å²) in [7, 11) is 0. The van der Waals surface area contributed by atoms with Crippen molar-refractivity contribution in [1.82, 2.24) is 14.5 Å². The molecule has 0 saturated carbocycles. The molecule has 4 nitrogen and oxygen atoms in total. The van der Waals surface area contributed by atoms with Gasteiger partial charge in [0.25, 0.3) is 0 Å². The van der Waals surface area contributed by atoms with Gasteiger partial charge >= 0.3 is 0 Å². The number of hydrogen-bond acceptors (Lipinski definition) is 3. The number of nitrogens with zero attached hydrogens (tertiary/aromatic N) is 3. The van der Waals surface area contributed by atoms with Crippen LogP contribution in [0.1, 0.15) is 193 Å². The van der Waals surface area contributed by atoms with Crippen molar-refractivity contribution >= 4 is 11.0 Å². The first kappa shape index (κ1) is 43.7. The molecule has 1 N–H and O–H groups in total. The molecule has 0 aliphatic heterocycles. The number of pyridine rings is 1. The number of aromatic nitrogens is 3. The topological polar surface area (TPSA) is 50.9 Å². The fraction of sp³-hybridized carbons (Fsp3) is 0.368. The average Bonchev–Trinajstić information content (AvgIpc) is 0.778. The minimum atomic E-state index is -3.44. The minimum Gasteiger partial charge on any atom is -0.507 e. The van der Waals surface area contributed by atoms with E-state index < -0.39 is 43.7 Å². The maximum atomic E-state index is 13.0. The fourth-order valence-corrected chi connectivity index (χ4v) is 11.8. The van der Waals surface area contributed by atoms with E-state index in [0.717, 1.165) is 78.0 Å². The van der Waals surface area contributed by atoms with Gasteiger partial charge in [0.2, 0.25) is 0 Å². The Morgan fingerprint density at radius 2 is 1.01 bits per heavy atom. The lowest BCUT2D eigenvalue weighted by Crippen LogP contribution is -2.18. The number of benzene rings is 7. The first-order valence-electron chi connectivity index (χ1n) is 34.1. The predicted molar refractivity (Wildman–Crippen MR) is 345 cm³/mol. The molecule has 2 heterocycles. The number of hydrogen-bond donors (Lipinski definition) is 1. The summed E-state index contributed by atoms with van der Waals surface area (Å²) in [5.41, 5.74) is 13.2. The number of fused-ring (bicyclic) bond motifs is 1. The molecule has 0 saturated heterocycles. The highest BCUT2D eigenvalue weighted by Crippen LogP contribution is 2.49. The third-order valence-electron chi connectivity index (χ3n) is 16.8. The number of imidazole rings is 1. The summed E-state index contributed by atoms with van der Waals surface area (Å²) in [6.45, 7) is 25.7. The van der Waals surface area contributed by atoms with Crippen LogP contribution in [0.5, 0.6) is 5.75 Å². The Labute approximate surface area is 497 Å². The van der Waals surface area contributed by atoms with Crippen LogP contribution < -0.4 is 0 Å². The summed E-state index contributed by atoms with van der Waals surface area (Å²) in [6.07, 6.45) is 0. The van der Waals surface area contributed by atoms with Gasteiger partial charge in [-0.05, 0) is 213 Å². The second-order valence-corrected chi connectivity index (χ2v) is 26.7. The largest absolute Gasteiger partial charge is 0.507 e.